The summed E-state index contributed by atoms with van der Waals surface area (Å²) >= 11 is 12.2. The summed E-state index contributed by atoms with van der Waals surface area (Å²) in [7, 11) is 1.58. The van der Waals surface area contributed by atoms with Gasteiger partial charge in [0.1, 0.15) is 10.9 Å². The summed E-state index contributed by atoms with van der Waals surface area (Å²) in [6, 6.07) is 5.28. The zero-order valence-corrected chi connectivity index (χ0v) is 11.4. The van der Waals surface area contributed by atoms with E-state index in [2.05, 4.69) is 15.2 Å². The lowest BCUT2D eigenvalue weighted by Crippen LogP contribution is -1.95. The summed E-state index contributed by atoms with van der Waals surface area (Å²) in [6.07, 6.45) is 3.11. The Morgan fingerprint density at radius 3 is 2.79 bits per heavy atom. The molecule has 0 amide bonds. The largest absolute Gasteiger partial charge is 0.496 e. The first-order valence-electron chi connectivity index (χ1n) is 5.39. The number of hydrogen-bond donors (Lipinski definition) is 0. The van der Waals surface area contributed by atoms with Crippen molar-refractivity contribution in [3.8, 4) is 17.1 Å². The highest BCUT2D eigenvalue weighted by Gasteiger charge is 2.15. The van der Waals surface area contributed by atoms with Gasteiger partial charge in [0.25, 0.3) is 0 Å². The van der Waals surface area contributed by atoms with Crippen molar-refractivity contribution >= 4 is 28.8 Å². The average molecular weight is 295 g/mol. The molecule has 96 valence electrons. The third-order valence-corrected chi connectivity index (χ3v) is 3.18. The van der Waals surface area contributed by atoms with Gasteiger partial charge in [-0.05, 0) is 18.2 Å². The molecule has 0 spiro atoms. The minimum absolute atomic E-state index is 0.416. The van der Waals surface area contributed by atoms with Gasteiger partial charge in [-0.15, -0.1) is 10.2 Å². The fraction of sp³-hybridized carbons (Fsp3) is 0.0833. The minimum Gasteiger partial charge on any atom is -0.496 e. The van der Waals surface area contributed by atoms with Gasteiger partial charge >= 0.3 is 0 Å². The molecule has 7 heteroatoms. The standard InChI is InChI=1S/C12H8Cl2N4O/c1-19-9-3-2-7(13)4-8(9)12-17-16-11-6-15-5-10(14)18(11)12/h2-6H,1H3. The zero-order valence-electron chi connectivity index (χ0n) is 9.84. The van der Waals surface area contributed by atoms with E-state index in [1.165, 1.54) is 6.20 Å². The van der Waals surface area contributed by atoms with E-state index >= 15 is 0 Å². The van der Waals surface area contributed by atoms with Crippen molar-refractivity contribution in [2.45, 2.75) is 0 Å². The maximum atomic E-state index is 6.14. The lowest BCUT2D eigenvalue weighted by Gasteiger charge is -2.08. The monoisotopic (exact) mass is 294 g/mol. The number of rotatable bonds is 2. The lowest BCUT2D eigenvalue weighted by molar-refractivity contribution is 0.416. The van der Waals surface area contributed by atoms with E-state index in [0.29, 0.717) is 27.4 Å². The molecule has 5 nitrogen and oxygen atoms in total. The van der Waals surface area contributed by atoms with Crippen LogP contribution in [0.3, 0.4) is 0 Å². The first-order valence-corrected chi connectivity index (χ1v) is 6.15. The average Bonchev–Trinajstić information content (AvgIpc) is 2.84. The van der Waals surface area contributed by atoms with E-state index in [-0.39, 0.29) is 0 Å². The molecule has 0 aliphatic heterocycles. The van der Waals surface area contributed by atoms with E-state index < -0.39 is 0 Å². The third kappa shape index (κ3) is 2.01. The van der Waals surface area contributed by atoms with Crippen molar-refractivity contribution in [2.75, 3.05) is 7.11 Å². The molecule has 0 N–H and O–H groups in total. The van der Waals surface area contributed by atoms with Crippen LogP contribution >= 0.6 is 23.2 Å². The van der Waals surface area contributed by atoms with E-state index in [9.17, 15) is 0 Å². The highest BCUT2D eigenvalue weighted by Crippen LogP contribution is 2.32. The molecule has 0 atom stereocenters. The lowest BCUT2D eigenvalue weighted by atomic mass is 10.2. The number of methoxy groups -OCH3 is 1. The van der Waals surface area contributed by atoms with Gasteiger partial charge in [-0.3, -0.25) is 9.38 Å². The van der Waals surface area contributed by atoms with Crippen LogP contribution in [0.1, 0.15) is 0 Å². The van der Waals surface area contributed by atoms with Crippen LogP contribution in [0.5, 0.6) is 5.75 Å². The maximum absolute atomic E-state index is 6.14. The van der Waals surface area contributed by atoms with Crippen LogP contribution in [0.15, 0.2) is 30.6 Å². The number of hydrogen-bond acceptors (Lipinski definition) is 4. The van der Waals surface area contributed by atoms with Gasteiger partial charge in [-0.2, -0.15) is 0 Å². The molecule has 2 aromatic heterocycles. The third-order valence-electron chi connectivity index (χ3n) is 2.68. The van der Waals surface area contributed by atoms with Gasteiger partial charge < -0.3 is 4.74 Å². The van der Waals surface area contributed by atoms with Gasteiger partial charge in [0.15, 0.2) is 11.5 Å². The molecule has 0 aliphatic carbocycles. The Bertz CT molecular complexity index is 757. The molecular formula is C12H8Cl2N4O. The molecule has 3 aromatic rings. The van der Waals surface area contributed by atoms with Crippen molar-refractivity contribution in [1.82, 2.24) is 19.6 Å². The second-order valence-electron chi connectivity index (χ2n) is 3.79. The van der Waals surface area contributed by atoms with E-state index in [0.717, 1.165) is 5.56 Å². The predicted molar refractivity (Wildman–Crippen MR) is 72.8 cm³/mol. The summed E-state index contributed by atoms with van der Waals surface area (Å²) in [5.41, 5.74) is 1.28. The Hall–Kier alpha value is -1.85. The van der Waals surface area contributed by atoms with Crippen LogP contribution in [-0.4, -0.2) is 26.7 Å². The molecule has 1 aromatic carbocycles. The molecule has 0 saturated heterocycles. The normalized spacial score (nSPS) is 10.9. The first-order chi connectivity index (χ1) is 9.20. The molecule has 0 aliphatic rings. The van der Waals surface area contributed by atoms with Gasteiger partial charge in [-0.1, -0.05) is 23.2 Å². The van der Waals surface area contributed by atoms with Gasteiger partial charge in [0.05, 0.1) is 25.1 Å². The Kier molecular flexibility index (Phi) is 3.00. The smallest absolute Gasteiger partial charge is 0.180 e. The Morgan fingerprint density at radius 2 is 2.00 bits per heavy atom. The Balaban J connectivity index is 2.33. The number of ether oxygens (including phenoxy) is 1. The van der Waals surface area contributed by atoms with Crippen LogP contribution < -0.4 is 4.74 Å². The second-order valence-corrected chi connectivity index (χ2v) is 4.62. The Morgan fingerprint density at radius 1 is 1.16 bits per heavy atom. The van der Waals surface area contributed by atoms with E-state index in [1.54, 1.807) is 35.9 Å². The summed E-state index contributed by atoms with van der Waals surface area (Å²) in [4.78, 5) is 3.97. The van der Waals surface area contributed by atoms with Crippen molar-refractivity contribution in [1.29, 1.82) is 0 Å². The first kappa shape index (κ1) is 12.2. The zero-order chi connectivity index (χ0) is 13.4. The number of nitrogens with zero attached hydrogens (tertiary/aromatic N) is 4. The highest BCUT2D eigenvalue weighted by atomic mass is 35.5. The van der Waals surface area contributed by atoms with E-state index in [4.69, 9.17) is 27.9 Å². The molecule has 19 heavy (non-hydrogen) atoms. The van der Waals surface area contributed by atoms with Gasteiger partial charge in [0.2, 0.25) is 0 Å². The Labute approximate surface area is 118 Å². The molecular weight excluding hydrogens is 287 g/mol. The fourth-order valence-electron chi connectivity index (χ4n) is 1.84. The second kappa shape index (κ2) is 4.68. The van der Waals surface area contributed by atoms with Crippen LogP contribution in [0, 0.1) is 0 Å². The topological polar surface area (TPSA) is 52.3 Å². The number of aromatic nitrogens is 4. The van der Waals surface area contributed by atoms with Crippen LogP contribution in [-0.2, 0) is 0 Å². The quantitative estimate of drug-likeness (QED) is 0.729. The number of halogens is 2. The fourth-order valence-corrected chi connectivity index (χ4v) is 2.24. The summed E-state index contributed by atoms with van der Waals surface area (Å²) < 4.78 is 7.00. The van der Waals surface area contributed by atoms with Crippen LogP contribution in [0.25, 0.3) is 17.0 Å². The summed E-state index contributed by atoms with van der Waals surface area (Å²) in [5.74, 6) is 1.20. The van der Waals surface area contributed by atoms with Crippen LogP contribution in [0.2, 0.25) is 10.2 Å². The molecule has 0 unspecified atom stereocenters. The van der Waals surface area contributed by atoms with Gasteiger partial charge in [0, 0.05) is 5.02 Å². The van der Waals surface area contributed by atoms with Crippen molar-refractivity contribution in [3.63, 3.8) is 0 Å². The number of benzene rings is 1. The molecule has 0 fully saturated rings. The SMILES string of the molecule is COc1ccc(Cl)cc1-c1nnc2cncc(Cl)n12. The number of fused-ring (bicyclic) bond motifs is 1. The molecule has 0 radical (unpaired) electrons. The minimum atomic E-state index is 0.416. The van der Waals surface area contributed by atoms with E-state index in [1.807, 2.05) is 0 Å². The van der Waals surface area contributed by atoms with Crippen molar-refractivity contribution < 1.29 is 4.74 Å². The molecule has 3 rings (SSSR count). The maximum Gasteiger partial charge on any atom is 0.180 e. The molecule has 0 bridgehead atoms. The highest BCUT2D eigenvalue weighted by molar-refractivity contribution is 6.31. The molecule has 2 heterocycles. The molecule has 0 saturated carbocycles. The van der Waals surface area contributed by atoms with Crippen LogP contribution in [0.4, 0.5) is 0 Å². The van der Waals surface area contributed by atoms with Crippen molar-refractivity contribution in [2.24, 2.45) is 0 Å². The summed E-state index contributed by atoms with van der Waals surface area (Å²) in [6.45, 7) is 0. The van der Waals surface area contributed by atoms with Crippen molar-refractivity contribution in [3.05, 3.63) is 40.8 Å². The van der Waals surface area contributed by atoms with Gasteiger partial charge in [-0.25, -0.2) is 0 Å². The summed E-state index contributed by atoms with van der Waals surface area (Å²) in [5, 5.41) is 9.15. The predicted octanol–water partition coefficient (Wildman–Crippen LogP) is 3.11.